The molecule has 0 radical (unpaired) electrons. The van der Waals surface area contributed by atoms with E-state index >= 15 is 0 Å². The molecule has 0 saturated carbocycles. The van der Waals surface area contributed by atoms with Gasteiger partial charge >= 0.3 is 6.09 Å². The maximum Gasteiger partial charge on any atom is 0.410 e. The second-order valence-electron chi connectivity index (χ2n) is 11.4. The van der Waals surface area contributed by atoms with Crippen LogP contribution in [0.2, 0.25) is 0 Å². The number of nitrogens with zero attached hydrogens (tertiary/aromatic N) is 3. The second-order valence-corrected chi connectivity index (χ2v) is 11.4. The summed E-state index contributed by atoms with van der Waals surface area (Å²) in [6.07, 6.45) is 3.59. The van der Waals surface area contributed by atoms with E-state index in [1.807, 2.05) is 35.2 Å². The lowest BCUT2D eigenvalue weighted by Gasteiger charge is -2.55. The zero-order valence-electron chi connectivity index (χ0n) is 20.5. The van der Waals surface area contributed by atoms with Gasteiger partial charge in [-0.05, 0) is 49.8 Å². The van der Waals surface area contributed by atoms with Gasteiger partial charge in [0.1, 0.15) is 6.61 Å². The zero-order valence-corrected chi connectivity index (χ0v) is 20.5. The SMILES string of the molecule is CC(C)[C@H](C1CCN(CC2COC2)CC1)N1CC2(CCN(C(=O)OCc3ccccc3)C2)C1. The Balaban J connectivity index is 1.08. The molecule has 1 atom stereocenters. The molecule has 1 amide bonds. The van der Waals surface area contributed by atoms with Gasteiger partial charge in [-0.1, -0.05) is 44.2 Å². The smallest absolute Gasteiger partial charge is 0.410 e. The van der Waals surface area contributed by atoms with Crippen molar-refractivity contribution >= 4 is 6.09 Å². The molecule has 5 rings (SSSR count). The summed E-state index contributed by atoms with van der Waals surface area (Å²) in [7, 11) is 0. The number of carbonyl (C=O) groups is 1. The Morgan fingerprint density at radius 3 is 2.45 bits per heavy atom. The molecule has 0 bridgehead atoms. The average Bonchev–Trinajstić information content (AvgIpc) is 3.22. The molecule has 4 aliphatic heterocycles. The molecule has 6 nitrogen and oxygen atoms in total. The van der Waals surface area contributed by atoms with Crippen LogP contribution in [-0.2, 0) is 16.1 Å². The van der Waals surface area contributed by atoms with Crippen molar-refractivity contribution < 1.29 is 14.3 Å². The molecule has 6 heteroatoms. The number of rotatable bonds is 7. The molecule has 0 aliphatic carbocycles. The first-order valence-corrected chi connectivity index (χ1v) is 13.0. The second kappa shape index (κ2) is 9.93. The summed E-state index contributed by atoms with van der Waals surface area (Å²) in [5, 5.41) is 0. The Morgan fingerprint density at radius 2 is 1.82 bits per heavy atom. The first kappa shape index (κ1) is 23.1. The molecule has 4 fully saturated rings. The number of hydrogen-bond acceptors (Lipinski definition) is 5. The number of hydrogen-bond donors (Lipinski definition) is 0. The van der Waals surface area contributed by atoms with Crippen molar-refractivity contribution in [1.29, 1.82) is 0 Å². The van der Waals surface area contributed by atoms with Gasteiger partial charge in [0.15, 0.2) is 0 Å². The molecule has 4 saturated heterocycles. The number of ether oxygens (including phenoxy) is 2. The van der Waals surface area contributed by atoms with Gasteiger partial charge < -0.3 is 19.3 Å². The van der Waals surface area contributed by atoms with E-state index in [0.29, 0.717) is 18.6 Å². The van der Waals surface area contributed by atoms with Crippen LogP contribution in [0.5, 0.6) is 0 Å². The molecular weight excluding hydrogens is 414 g/mol. The standard InChI is InChI=1S/C27H41N3O3/c1-21(2)25(24-8-11-28(12-9-24)14-23-15-32-16-23)30-19-27(20-30)10-13-29(18-27)26(31)33-17-22-6-4-3-5-7-22/h3-7,21,23-25H,8-20H2,1-2H3/t25-/m1/s1. The monoisotopic (exact) mass is 455 g/mol. The maximum absolute atomic E-state index is 12.6. The van der Waals surface area contributed by atoms with E-state index in [9.17, 15) is 4.79 Å². The minimum absolute atomic E-state index is 0.154. The van der Waals surface area contributed by atoms with E-state index in [-0.39, 0.29) is 11.5 Å². The van der Waals surface area contributed by atoms with Gasteiger partial charge in [-0.25, -0.2) is 4.79 Å². The maximum atomic E-state index is 12.6. The number of benzene rings is 1. The summed E-state index contributed by atoms with van der Waals surface area (Å²) in [5.41, 5.74) is 1.32. The lowest BCUT2D eigenvalue weighted by Crippen LogP contribution is -2.64. The normalized spacial score (nSPS) is 25.2. The quantitative estimate of drug-likeness (QED) is 0.627. The molecular formula is C27H41N3O3. The van der Waals surface area contributed by atoms with Crippen molar-refractivity contribution in [3.63, 3.8) is 0 Å². The summed E-state index contributed by atoms with van der Waals surface area (Å²) >= 11 is 0. The molecule has 4 heterocycles. The van der Waals surface area contributed by atoms with Crippen LogP contribution in [0.15, 0.2) is 30.3 Å². The number of amides is 1. The fraction of sp³-hybridized carbons (Fsp3) is 0.741. The molecule has 182 valence electrons. The Labute approximate surface area is 199 Å². The van der Waals surface area contributed by atoms with Crippen LogP contribution in [0.3, 0.4) is 0 Å². The molecule has 1 aromatic carbocycles. The Kier molecular flexibility index (Phi) is 6.96. The van der Waals surface area contributed by atoms with Crippen LogP contribution < -0.4 is 0 Å². The Bertz CT molecular complexity index is 783. The number of likely N-dealkylation sites (tertiary alicyclic amines) is 3. The van der Waals surface area contributed by atoms with Gasteiger partial charge in [0.25, 0.3) is 0 Å². The van der Waals surface area contributed by atoms with E-state index in [1.54, 1.807) is 0 Å². The molecule has 1 spiro atoms. The third-order valence-electron chi connectivity index (χ3n) is 8.42. The highest BCUT2D eigenvalue weighted by Crippen LogP contribution is 2.44. The van der Waals surface area contributed by atoms with Crippen LogP contribution in [0, 0.1) is 23.2 Å². The molecule has 1 aromatic rings. The highest BCUT2D eigenvalue weighted by molar-refractivity contribution is 5.68. The lowest BCUT2D eigenvalue weighted by atomic mass is 9.73. The number of carbonyl (C=O) groups excluding carboxylic acids is 1. The van der Waals surface area contributed by atoms with E-state index in [1.165, 1.54) is 32.5 Å². The molecule has 4 aliphatic rings. The van der Waals surface area contributed by atoms with Gasteiger partial charge in [0, 0.05) is 50.1 Å². The fourth-order valence-corrected chi connectivity index (χ4v) is 6.68. The van der Waals surface area contributed by atoms with Crippen LogP contribution in [0.4, 0.5) is 4.79 Å². The van der Waals surface area contributed by atoms with E-state index in [4.69, 9.17) is 9.47 Å². The van der Waals surface area contributed by atoms with Crippen molar-refractivity contribution in [3.8, 4) is 0 Å². The van der Waals surface area contributed by atoms with Gasteiger partial charge in [-0.3, -0.25) is 4.90 Å². The van der Waals surface area contributed by atoms with Crippen molar-refractivity contribution in [3.05, 3.63) is 35.9 Å². The largest absolute Gasteiger partial charge is 0.445 e. The summed E-state index contributed by atoms with van der Waals surface area (Å²) in [5.74, 6) is 2.24. The molecule has 0 unspecified atom stereocenters. The first-order chi connectivity index (χ1) is 16.0. The van der Waals surface area contributed by atoms with E-state index in [0.717, 1.165) is 63.2 Å². The molecule has 0 aromatic heterocycles. The summed E-state index contributed by atoms with van der Waals surface area (Å²) in [6.45, 7) is 14.7. The van der Waals surface area contributed by atoms with Crippen LogP contribution in [0.25, 0.3) is 0 Å². The summed E-state index contributed by atoms with van der Waals surface area (Å²) < 4.78 is 10.9. The van der Waals surface area contributed by atoms with Crippen molar-refractivity contribution in [2.75, 3.05) is 59.0 Å². The third-order valence-corrected chi connectivity index (χ3v) is 8.42. The van der Waals surface area contributed by atoms with Gasteiger partial charge in [0.05, 0.1) is 13.2 Å². The van der Waals surface area contributed by atoms with Gasteiger partial charge in [-0.15, -0.1) is 0 Å². The highest BCUT2D eigenvalue weighted by atomic mass is 16.6. The van der Waals surface area contributed by atoms with Crippen LogP contribution in [0.1, 0.15) is 38.7 Å². The molecule has 0 N–H and O–H groups in total. The average molecular weight is 456 g/mol. The van der Waals surface area contributed by atoms with Crippen LogP contribution >= 0.6 is 0 Å². The minimum Gasteiger partial charge on any atom is -0.445 e. The minimum atomic E-state index is -0.154. The zero-order chi connectivity index (χ0) is 22.8. The first-order valence-electron chi connectivity index (χ1n) is 13.0. The summed E-state index contributed by atoms with van der Waals surface area (Å²) in [6, 6.07) is 10.6. The third kappa shape index (κ3) is 5.23. The summed E-state index contributed by atoms with van der Waals surface area (Å²) in [4.78, 5) is 20.0. The Hall–Kier alpha value is -1.63. The van der Waals surface area contributed by atoms with Crippen LogP contribution in [-0.4, -0.2) is 85.9 Å². The highest BCUT2D eigenvalue weighted by Gasteiger charge is 2.52. The topological polar surface area (TPSA) is 45.2 Å². The van der Waals surface area contributed by atoms with Crippen molar-refractivity contribution in [2.45, 2.75) is 45.8 Å². The van der Waals surface area contributed by atoms with Gasteiger partial charge in [-0.2, -0.15) is 0 Å². The lowest BCUT2D eigenvalue weighted by molar-refractivity contribution is -0.0727. The number of piperidine rings is 1. The van der Waals surface area contributed by atoms with Crippen molar-refractivity contribution in [2.24, 2.45) is 23.2 Å². The van der Waals surface area contributed by atoms with E-state index < -0.39 is 0 Å². The predicted molar refractivity (Wildman–Crippen MR) is 129 cm³/mol. The van der Waals surface area contributed by atoms with Crippen molar-refractivity contribution in [1.82, 2.24) is 14.7 Å². The Morgan fingerprint density at radius 1 is 1.09 bits per heavy atom. The predicted octanol–water partition coefficient (Wildman–Crippen LogP) is 3.71. The van der Waals surface area contributed by atoms with Gasteiger partial charge in [0.2, 0.25) is 0 Å². The van der Waals surface area contributed by atoms with E-state index in [2.05, 4.69) is 23.6 Å². The molecule has 33 heavy (non-hydrogen) atoms. The fourth-order valence-electron chi connectivity index (χ4n) is 6.68.